The molecule has 0 saturated heterocycles. The summed E-state index contributed by atoms with van der Waals surface area (Å²) in [4.78, 5) is 22.7. The molecule has 2 fully saturated rings. The van der Waals surface area contributed by atoms with Crippen molar-refractivity contribution in [2.24, 2.45) is 17.8 Å². The first-order chi connectivity index (χ1) is 10.2. The third-order valence-corrected chi connectivity index (χ3v) is 5.00. The fourth-order valence-corrected chi connectivity index (χ4v) is 3.18. The molecule has 2 saturated carbocycles. The molecule has 0 radical (unpaired) electrons. The van der Waals surface area contributed by atoms with Crippen LogP contribution in [0.5, 0.6) is 0 Å². The lowest BCUT2D eigenvalue weighted by Gasteiger charge is -2.25. The molecule has 2 nitrogen and oxygen atoms in total. The minimum Gasteiger partial charge on any atom is -0.299 e. The Morgan fingerprint density at radius 2 is 1.64 bits per heavy atom. The Morgan fingerprint density at radius 1 is 1.00 bits per heavy atom. The Kier molecular flexibility index (Phi) is 7.25. The number of carbonyl (C=O) groups is 2. The van der Waals surface area contributed by atoms with E-state index in [2.05, 4.69) is 13.5 Å². The van der Waals surface area contributed by atoms with Gasteiger partial charge in [-0.2, -0.15) is 0 Å². The average molecular weight is 304 g/mol. The second-order valence-corrected chi connectivity index (χ2v) is 7.44. The fourth-order valence-electron chi connectivity index (χ4n) is 3.18. The van der Waals surface area contributed by atoms with Gasteiger partial charge in [-0.1, -0.05) is 31.6 Å². The molecule has 2 rings (SSSR count). The summed E-state index contributed by atoms with van der Waals surface area (Å²) in [6.45, 7) is 14.1. The van der Waals surface area contributed by atoms with Crippen molar-refractivity contribution >= 4 is 11.6 Å². The quantitative estimate of drug-likeness (QED) is 0.488. The minimum absolute atomic E-state index is 0.297. The molecule has 0 aromatic rings. The molecule has 124 valence electrons. The normalized spacial score (nSPS) is 28.8. The topological polar surface area (TPSA) is 34.1 Å². The van der Waals surface area contributed by atoms with Crippen LogP contribution in [0, 0.1) is 17.8 Å². The van der Waals surface area contributed by atoms with Crippen LogP contribution in [0.1, 0.15) is 73.1 Å². The van der Waals surface area contributed by atoms with E-state index in [4.69, 9.17) is 0 Å². The van der Waals surface area contributed by atoms with E-state index in [1.807, 2.05) is 27.7 Å². The minimum atomic E-state index is 0.297. The Morgan fingerprint density at radius 3 is 2.09 bits per heavy atom. The van der Waals surface area contributed by atoms with Gasteiger partial charge in [-0.3, -0.25) is 9.59 Å². The van der Waals surface area contributed by atoms with Gasteiger partial charge in [-0.05, 0) is 63.9 Å². The highest BCUT2D eigenvalue weighted by Crippen LogP contribution is 2.29. The smallest absolute Gasteiger partial charge is 0.159 e. The van der Waals surface area contributed by atoms with E-state index >= 15 is 0 Å². The largest absolute Gasteiger partial charge is 0.299 e. The third kappa shape index (κ3) is 5.55. The number of hydrogen-bond acceptors (Lipinski definition) is 2. The van der Waals surface area contributed by atoms with E-state index in [0.717, 1.165) is 37.7 Å². The summed E-state index contributed by atoms with van der Waals surface area (Å²) in [6.07, 6.45) is 5.89. The number of rotatable bonds is 1. The Hall–Kier alpha value is -1.18. The van der Waals surface area contributed by atoms with Gasteiger partial charge < -0.3 is 0 Å². The molecule has 2 aliphatic carbocycles. The van der Waals surface area contributed by atoms with Gasteiger partial charge in [0.25, 0.3) is 0 Å². The number of allylic oxidation sites excluding steroid dienone is 3. The van der Waals surface area contributed by atoms with Crippen LogP contribution in [0.2, 0.25) is 0 Å². The first-order valence-corrected chi connectivity index (χ1v) is 8.60. The second-order valence-electron chi connectivity index (χ2n) is 7.44. The van der Waals surface area contributed by atoms with Gasteiger partial charge in [0, 0.05) is 18.8 Å². The van der Waals surface area contributed by atoms with Crippen LogP contribution in [0.25, 0.3) is 0 Å². The third-order valence-electron chi connectivity index (χ3n) is 5.00. The van der Waals surface area contributed by atoms with E-state index in [-0.39, 0.29) is 0 Å². The van der Waals surface area contributed by atoms with Crippen molar-refractivity contribution in [2.45, 2.75) is 73.1 Å². The number of hydrogen-bond donors (Lipinski definition) is 0. The average Bonchev–Trinajstić information content (AvgIpc) is 2.41. The van der Waals surface area contributed by atoms with E-state index in [0.29, 0.717) is 29.3 Å². The van der Waals surface area contributed by atoms with Crippen molar-refractivity contribution in [1.82, 2.24) is 0 Å². The lowest BCUT2D eigenvalue weighted by atomic mass is 9.79. The van der Waals surface area contributed by atoms with Gasteiger partial charge in [-0.15, -0.1) is 0 Å². The van der Waals surface area contributed by atoms with Crippen molar-refractivity contribution in [3.8, 4) is 0 Å². The van der Waals surface area contributed by atoms with Gasteiger partial charge in [-0.25, -0.2) is 0 Å². The monoisotopic (exact) mass is 304 g/mol. The highest BCUT2D eigenvalue weighted by molar-refractivity contribution is 5.96. The number of ketones is 2. The lowest BCUT2D eigenvalue weighted by molar-refractivity contribution is -0.125. The predicted octanol–water partition coefficient (Wildman–Crippen LogP) is 5.28. The van der Waals surface area contributed by atoms with Gasteiger partial charge in [0.15, 0.2) is 5.78 Å². The molecule has 2 unspecified atom stereocenters. The zero-order valence-electron chi connectivity index (χ0n) is 15.0. The second kappa shape index (κ2) is 8.45. The molecule has 0 aromatic carbocycles. The maximum Gasteiger partial charge on any atom is 0.159 e. The van der Waals surface area contributed by atoms with E-state index in [1.165, 1.54) is 17.6 Å². The fraction of sp³-hybridized carbons (Fsp3) is 0.700. The van der Waals surface area contributed by atoms with Crippen LogP contribution in [0.15, 0.2) is 23.3 Å². The summed E-state index contributed by atoms with van der Waals surface area (Å²) in [5.74, 6) is 2.17. The van der Waals surface area contributed by atoms with Crippen LogP contribution < -0.4 is 0 Å². The van der Waals surface area contributed by atoms with Crippen LogP contribution in [0.4, 0.5) is 0 Å². The van der Waals surface area contributed by atoms with Gasteiger partial charge in [0.1, 0.15) is 5.78 Å². The summed E-state index contributed by atoms with van der Waals surface area (Å²) >= 11 is 0. The molecule has 0 aromatic heterocycles. The molecular formula is C20H32O2. The summed E-state index contributed by atoms with van der Waals surface area (Å²) in [7, 11) is 0. The molecule has 2 aliphatic rings. The van der Waals surface area contributed by atoms with Crippen LogP contribution in [-0.4, -0.2) is 11.6 Å². The summed E-state index contributed by atoms with van der Waals surface area (Å²) in [5.41, 5.74) is 3.47. The van der Waals surface area contributed by atoms with Gasteiger partial charge in [0.05, 0.1) is 0 Å². The zero-order valence-corrected chi connectivity index (χ0v) is 15.0. The Bertz CT molecular complexity index is 466. The van der Waals surface area contributed by atoms with Gasteiger partial charge >= 0.3 is 0 Å². The van der Waals surface area contributed by atoms with Gasteiger partial charge in [0.2, 0.25) is 0 Å². The van der Waals surface area contributed by atoms with Crippen molar-refractivity contribution in [3.63, 3.8) is 0 Å². The van der Waals surface area contributed by atoms with E-state index in [1.54, 1.807) is 0 Å². The zero-order chi connectivity index (χ0) is 16.9. The van der Waals surface area contributed by atoms with Crippen LogP contribution >= 0.6 is 0 Å². The first kappa shape index (κ1) is 18.9. The van der Waals surface area contributed by atoms with Crippen molar-refractivity contribution < 1.29 is 9.59 Å². The maximum absolute atomic E-state index is 11.4. The summed E-state index contributed by atoms with van der Waals surface area (Å²) in [6, 6.07) is 0. The maximum atomic E-state index is 11.4. The Labute approximate surface area is 136 Å². The molecule has 0 bridgehead atoms. The number of carbonyl (C=O) groups excluding carboxylic acids is 2. The highest BCUT2D eigenvalue weighted by Gasteiger charge is 2.25. The van der Waals surface area contributed by atoms with Crippen LogP contribution in [0.3, 0.4) is 0 Å². The van der Waals surface area contributed by atoms with Crippen molar-refractivity contribution in [3.05, 3.63) is 23.3 Å². The predicted molar refractivity (Wildman–Crippen MR) is 92.7 cm³/mol. The summed E-state index contributed by atoms with van der Waals surface area (Å²) < 4.78 is 0. The standard InChI is InChI=1S/2C10H16O/c1-7(2)9-5-4-8(3)10(11)6-9;1-7(2)9-5-4-8(3)6-10(9)11/h8-9H,1,4-6H2,2-3H3;8H,4-6H2,1-3H3/t;8-/m.1/s1. The molecule has 0 spiro atoms. The molecule has 0 aliphatic heterocycles. The molecule has 22 heavy (non-hydrogen) atoms. The molecular weight excluding hydrogens is 272 g/mol. The lowest BCUT2D eigenvalue weighted by Crippen LogP contribution is -2.22. The SMILES string of the molecule is C=C(C)C1CCC(C)C(=O)C1.CC(C)=C1CC[C@@H](C)CC1=O. The first-order valence-electron chi connectivity index (χ1n) is 8.60. The van der Waals surface area contributed by atoms with Crippen LogP contribution in [-0.2, 0) is 9.59 Å². The van der Waals surface area contributed by atoms with Crippen molar-refractivity contribution in [2.75, 3.05) is 0 Å². The molecule has 3 atom stereocenters. The Balaban J connectivity index is 0.000000220. The molecule has 0 amide bonds. The molecule has 0 N–H and O–H groups in total. The molecule has 0 heterocycles. The van der Waals surface area contributed by atoms with Crippen molar-refractivity contribution in [1.29, 1.82) is 0 Å². The van der Waals surface area contributed by atoms with E-state index in [9.17, 15) is 9.59 Å². The number of Topliss-reactive ketones (excluding diaryl/α,β-unsaturated/α-hetero) is 2. The summed E-state index contributed by atoms with van der Waals surface area (Å²) in [5, 5.41) is 0. The van der Waals surface area contributed by atoms with E-state index < -0.39 is 0 Å². The highest BCUT2D eigenvalue weighted by atomic mass is 16.1. The molecule has 2 heteroatoms.